The fourth-order valence-electron chi connectivity index (χ4n) is 2.77. The van der Waals surface area contributed by atoms with Gasteiger partial charge in [-0.05, 0) is 18.1 Å². The van der Waals surface area contributed by atoms with E-state index in [0.717, 1.165) is 28.8 Å². The molecule has 0 atom stereocenters. The highest BCUT2D eigenvalue weighted by molar-refractivity contribution is 5.86. The van der Waals surface area contributed by atoms with Crippen LogP contribution in [0.5, 0.6) is 5.75 Å². The van der Waals surface area contributed by atoms with E-state index in [9.17, 15) is 4.39 Å². The molecule has 3 rings (SSSR count). The van der Waals surface area contributed by atoms with E-state index in [0.29, 0.717) is 5.56 Å². The van der Waals surface area contributed by atoms with E-state index in [-0.39, 0.29) is 11.6 Å². The second-order valence-electron chi connectivity index (χ2n) is 5.10. The van der Waals surface area contributed by atoms with Gasteiger partial charge in [0, 0.05) is 28.6 Å². The van der Waals surface area contributed by atoms with E-state index in [4.69, 9.17) is 4.74 Å². The summed E-state index contributed by atoms with van der Waals surface area (Å²) in [4.78, 5) is 3.28. The first-order valence-electron chi connectivity index (χ1n) is 7.34. The molecule has 2 nitrogen and oxygen atoms in total. The molecule has 3 aromatic rings. The van der Waals surface area contributed by atoms with Crippen LogP contribution in [0.25, 0.3) is 22.3 Å². The normalized spacial score (nSPS) is 10.7. The van der Waals surface area contributed by atoms with Crippen LogP contribution in [0.3, 0.4) is 0 Å². The van der Waals surface area contributed by atoms with Crippen molar-refractivity contribution < 1.29 is 9.13 Å². The van der Waals surface area contributed by atoms with Crippen molar-refractivity contribution in [3.05, 3.63) is 66.2 Å². The van der Waals surface area contributed by atoms with Gasteiger partial charge in [0.2, 0.25) is 0 Å². The van der Waals surface area contributed by atoms with Crippen LogP contribution >= 0.6 is 0 Å². The lowest BCUT2D eigenvalue weighted by atomic mass is 9.95. The fraction of sp³-hybridized carbons (Fsp3) is 0.158. The maximum atomic E-state index is 14.6. The van der Waals surface area contributed by atoms with Crippen LogP contribution < -0.4 is 4.74 Å². The molecule has 0 aliphatic heterocycles. The van der Waals surface area contributed by atoms with Crippen LogP contribution in [0, 0.1) is 5.82 Å². The highest BCUT2D eigenvalue weighted by Crippen LogP contribution is 2.38. The topological polar surface area (TPSA) is 25.0 Å². The van der Waals surface area contributed by atoms with E-state index in [2.05, 4.69) is 11.9 Å². The van der Waals surface area contributed by atoms with Gasteiger partial charge in [0.15, 0.2) is 11.6 Å². The molecule has 0 saturated heterocycles. The number of aromatic amines is 1. The monoisotopic (exact) mass is 295 g/mol. The summed E-state index contributed by atoms with van der Waals surface area (Å²) in [5, 5.41) is 0. The Labute approximate surface area is 129 Å². The average Bonchev–Trinajstić information content (AvgIpc) is 2.99. The van der Waals surface area contributed by atoms with Crippen LogP contribution in [-0.2, 0) is 6.42 Å². The second kappa shape index (κ2) is 6.06. The minimum atomic E-state index is -0.330. The Morgan fingerprint density at radius 2 is 1.77 bits per heavy atom. The standard InChI is InChI=1S/C19H18FNO/c1-3-16-18(13-8-5-4-6-9-13)15(12-21-16)14-10-7-11-17(22-2)19(14)20/h4-12,21H,3H2,1-2H3. The summed E-state index contributed by atoms with van der Waals surface area (Å²) in [7, 11) is 1.48. The molecule has 0 aliphatic rings. The number of halogens is 1. The van der Waals surface area contributed by atoms with Crippen LogP contribution in [0.15, 0.2) is 54.7 Å². The van der Waals surface area contributed by atoms with E-state index in [1.54, 1.807) is 12.1 Å². The molecule has 0 spiro atoms. The number of benzene rings is 2. The van der Waals surface area contributed by atoms with Crippen LogP contribution in [0.4, 0.5) is 4.39 Å². The first-order valence-corrected chi connectivity index (χ1v) is 7.34. The summed E-state index contributed by atoms with van der Waals surface area (Å²) >= 11 is 0. The van der Waals surface area contributed by atoms with E-state index >= 15 is 0 Å². The van der Waals surface area contributed by atoms with Gasteiger partial charge in [-0.3, -0.25) is 0 Å². The molecule has 2 aromatic carbocycles. The van der Waals surface area contributed by atoms with Crippen molar-refractivity contribution >= 4 is 0 Å². The summed E-state index contributed by atoms with van der Waals surface area (Å²) in [5.74, 6) is -0.0698. The molecular formula is C19H18FNO. The molecular weight excluding hydrogens is 277 g/mol. The SMILES string of the molecule is CCc1[nH]cc(-c2cccc(OC)c2F)c1-c1ccccc1. The van der Waals surface area contributed by atoms with Gasteiger partial charge < -0.3 is 9.72 Å². The number of ether oxygens (including phenoxy) is 1. The quantitative estimate of drug-likeness (QED) is 0.715. The minimum absolute atomic E-state index is 0.260. The lowest BCUT2D eigenvalue weighted by molar-refractivity contribution is 0.387. The van der Waals surface area contributed by atoms with Crippen molar-refractivity contribution in [2.75, 3.05) is 7.11 Å². The number of nitrogens with one attached hydrogen (secondary N) is 1. The highest BCUT2D eigenvalue weighted by Gasteiger charge is 2.18. The van der Waals surface area contributed by atoms with Gasteiger partial charge in [0.05, 0.1) is 7.11 Å². The molecule has 0 fully saturated rings. The smallest absolute Gasteiger partial charge is 0.172 e. The molecule has 0 saturated carbocycles. The van der Waals surface area contributed by atoms with Crippen molar-refractivity contribution in [3.8, 4) is 28.0 Å². The summed E-state index contributed by atoms with van der Waals surface area (Å²) in [5.41, 5.74) is 4.64. The fourth-order valence-corrected chi connectivity index (χ4v) is 2.77. The molecule has 1 N–H and O–H groups in total. The zero-order valence-electron chi connectivity index (χ0n) is 12.7. The van der Waals surface area contributed by atoms with Gasteiger partial charge >= 0.3 is 0 Å². The molecule has 0 amide bonds. The van der Waals surface area contributed by atoms with Crippen LogP contribution in [0.2, 0.25) is 0 Å². The molecule has 3 heteroatoms. The second-order valence-corrected chi connectivity index (χ2v) is 5.10. The predicted octanol–water partition coefficient (Wildman–Crippen LogP) is 5.06. The maximum absolute atomic E-state index is 14.6. The molecule has 1 aromatic heterocycles. The summed E-state index contributed by atoms with van der Waals surface area (Å²) in [6.07, 6.45) is 2.73. The minimum Gasteiger partial charge on any atom is -0.494 e. The predicted molar refractivity (Wildman–Crippen MR) is 87.6 cm³/mol. The number of hydrogen-bond acceptors (Lipinski definition) is 1. The molecule has 112 valence electrons. The Hall–Kier alpha value is -2.55. The van der Waals surface area contributed by atoms with E-state index in [1.165, 1.54) is 7.11 Å². The third-order valence-electron chi connectivity index (χ3n) is 3.85. The average molecular weight is 295 g/mol. The van der Waals surface area contributed by atoms with Crippen LogP contribution in [-0.4, -0.2) is 12.1 Å². The third kappa shape index (κ3) is 2.39. The zero-order chi connectivity index (χ0) is 15.5. The Balaban J connectivity index is 2.23. The van der Waals surface area contributed by atoms with Gasteiger partial charge in [-0.15, -0.1) is 0 Å². The summed E-state index contributed by atoms with van der Waals surface area (Å²) in [6, 6.07) is 15.3. The van der Waals surface area contributed by atoms with Gasteiger partial charge in [-0.25, -0.2) is 4.39 Å². The Morgan fingerprint density at radius 1 is 1.00 bits per heavy atom. The number of methoxy groups -OCH3 is 1. The van der Waals surface area contributed by atoms with Crippen molar-refractivity contribution in [3.63, 3.8) is 0 Å². The van der Waals surface area contributed by atoms with Crippen molar-refractivity contribution in [1.82, 2.24) is 4.98 Å². The maximum Gasteiger partial charge on any atom is 0.172 e. The van der Waals surface area contributed by atoms with Gasteiger partial charge in [-0.1, -0.05) is 49.4 Å². The van der Waals surface area contributed by atoms with E-state index < -0.39 is 0 Å². The molecule has 0 unspecified atom stereocenters. The third-order valence-corrected chi connectivity index (χ3v) is 3.85. The highest BCUT2D eigenvalue weighted by atomic mass is 19.1. The van der Waals surface area contributed by atoms with Crippen molar-refractivity contribution in [1.29, 1.82) is 0 Å². The summed E-state index contributed by atoms with van der Waals surface area (Å²) in [6.45, 7) is 2.09. The Kier molecular flexibility index (Phi) is 3.96. The molecule has 22 heavy (non-hydrogen) atoms. The summed E-state index contributed by atoms with van der Waals surface area (Å²) < 4.78 is 19.7. The number of aromatic nitrogens is 1. The lowest BCUT2D eigenvalue weighted by Gasteiger charge is -2.10. The van der Waals surface area contributed by atoms with Gasteiger partial charge in [0.25, 0.3) is 0 Å². The van der Waals surface area contributed by atoms with E-state index in [1.807, 2.05) is 42.6 Å². The molecule has 1 heterocycles. The lowest BCUT2D eigenvalue weighted by Crippen LogP contribution is -1.92. The first kappa shape index (κ1) is 14.4. The van der Waals surface area contributed by atoms with Crippen molar-refractivity contribution in [2.45, 2.75) is 13.3 Å². The number of H-pyrrole nitrogens is 1. The number of aryl methyl sites for hydroxylation is 1. The Morgan fingerprint density at radius 3 is 2.45 bits per heavy atom. The molecule has 0 aliphatic carbocycles. The molecule has 0 bridgehead atoms. The number of rotatable bonds is 4. The van der Waals surface area contributed by atoms with Crippen LogP contribution in [0.1, 0.15) is 12.6 Å². The van der Waals surface area contributed by atoms with Gasteiger partial charge in [-0.2, -0.15) is 0 Å². The van der Waals surface area contributed by atoms with Crippen molar-refractivity contribution in [2.24, 2.45) is 0 Å². The first-order chi connectivity index (χ1) is 10.8. The zero-order valence-corrected chi connectivity index (χ0v) is 12.7. The number of hydrogen-bond donors (Lipinski definition) is 1. The Bertz CT molecular complexity index is 777. The molecule has 0 radical (unpaired) electrons. The largest absolute Gasteiger partial charge is 0.494 e. The van der Waals surface area contributed by atoms with Gasteiger partial charge in [0.1, 0.15) is 0 Å².